The Morgan fingerprint density at radius 2 is 2.12 bits per heavy atom. The van der Waals surface area contributed by atoms with Gasteiger partial charge in [0.15, 0.2) is 6.61 Å². The van der Waals surface area contributed by atoms with Gasteiger partial charge in [-0.1, -0.05) is 18.2 Å². The zero-order valence-corrected chi connectivity index (χ0v) is 9.01. The average Bonchev–Trinajstić information content (AvgIpc) is 2.35. The van der Waals surface area contributed by atoms with Crippen LogP contribution in [0.2, 0.25) is 0 Å². The summed E-state index contributed by atoms with van der Waals surface area (Å²) in [5.74, 6) is -0.548. The molecule has 1 aromatic carbocycles. The molecule has 0 bridgehead atoms. The summed E-state index contributed by atoms with van der Waals surface area (Å²) in [6.07, 6.45) is 1.68. The number of primary amides is 1. The molecule has 88 valence electrons. The van der Waals surface area contributed by atoms with Crippen molar-refractivity contribution in [3.63, 3.8) is 0 Å². The van der Waals surface area contributed by atoms with Gasteiger partial charge in [0.2, 0.25) is 0 Å². The summed E-state index contributed by atoms with van der Waals surface area (Å²) >= 11 is 0. The van der Waals surface area contributed by atoms with Crippen molar-refractivity contribution in [3.05, 3.63) is 35.4 Å². The Morgan fingerprint density at radius 3 is 2.88 bits per heavy atom. The minimum Gasteiger partial charge on any atom is -0.488 e. The molecule has 0 saturated carbocycles. The van der Waals surface area contributed by atoms with Gasteiger partial charge in [0, 0.05) is 5.56 Å². The monoisotopic (exact) mass is 233 g/mol. The van der Waals surface area contributed by atoms with Crippen LogP contribution in [-0.4, -0.2) is 25.1 Å². The molecule has 0 aromatic heterocycles. The number of ether oxygens (including phenoxy) is 2. The fourth-order valence-electron chi connectivity index (χ4n) is 1.46. The number of benzene rings is 1. The molecule has 0 saturated heterocycles. The van der Waals surface area contributed by atoms with E-state index < -0.39 is 18.5 Å². The highest BCUT2D eigenvalue weighted by atomic mass is 16.5. The molecule has 0 atom stereocenters. The van der Waals surface area contributed by atoms with Crippen LogP contribution in [0.4, 0.5) is 0 Å². The zero-order valence-electron chi connectivity index (χ0n) is 9.01. The highest BCUT2D eigenvalue weighted by molar-refractivity contribution is 5.96. The Bertz CT molecular complexity index is 493. The lowest BCUT2D eigenvalue weighted by Crippen LogP contribution is -2.24. The van der Waals surface area contributed by atoms with E-state index in [1.807, 2.05) is 24.3 Å². The first-order valence-electron chi connectivity index (χ1n) is 5.04. The molecule has 0 unspecified atom stereocenters. The van der Waals surface area contributed by atoms with E-state index in [0.29, 0.717) is 5.57 Å². The first-order valence-corrected chi connectivity index (χ1v) is 5.04. The minimum atomic E-state index is -0.684. The Kier molecular flexibility index (Phi) is 3.09. The number of esters is 1. The van der Waals surface area contributed by atoms with E-state index in [1.54, 1.807) is 6.08 Å². The predicted octanol–water partition coefficient (Wildman–Crippen LogP) is 0.491. The van der Waals surface area contributed by atoms with Crippen molar-refractivity contribution < 1.29 is 19.1 Å². The van der Waals surface area contributed by atoms with Gasteiger partial charge in [-0.15, -0.1) is 0 Å². The second-order valence-electron chi connectivity index (χ2n) is 3.54. The van der Waals surface area contributed by atoms with Crippen molar-refractivity contribution in [1.82, 2.24) is 0 Å². The topological polar surface area (TPSA) is 78.6 Å². The van der Waals surface area contributed by atoms with Crippen molar-refractivity contribution in [1.29, 1.82) is 0 Å². The summed E-state index contributed by atoms with van der Waals surface area (Å²) in [5.41, 5.74) is 6.06. The van der Waals surface area contributed by atoms with Gasteiger partial charge in [0.25, 0.3) is 5.91 Å². The highest BCUT2D eigenvalue weighted by Gasteiger charge is 2.18. The van der Waals surface area contributed by atoms with Gasteiger partial charge in [-0.05, 0) is 12.1 Å². The lowest BCUT2D eigenvalue weighted by Gasteiger charge is -2.16. The third-order valence-electron chi connectivity index (χ3n) is 2.24. The molecule has 2 N–H and O–H groups in total. The predicted molar refractivity (Wildman–Crippen MR) is 60.1 cm³/mol. The van der Waals surface area contributed by atoms with E-state index >= 15 is 0 Å². The van der Waals surface area contributed by atoms with Gasteiger partial charge >= 0.3 is 5.97 Å². The maximum absolute atomic E-state index is 11.5. The van der Waals surface area contributed by atoms with Gasteiger partial charge in [-0.2, -0.15) is 0 Å². The fourth-order valence-corrected chi connectivity index (χ4v) is 1.46. The highest BCUT2D eigenvalue weighted by Crippen LogP contribution is 2.25. The quantitative estimate of drug-likeness (QED) is 0.770. The van der Waals surface area contributed by atoms with Crippen molar-refractivity contribution in [2.24, 2.45) is 5.73 Å². The Balaban J connectivity index is 2.11. The normalized spacial score (nSPS) is 13.1. The van der Waals surface area contributed by atoms with Gasteiger partial charge in [-0.3, -0.25) is 4.79 Å². The van der Waals surface area contributed by atoms with Gasteiger partial charge in [0.05, 0.1) is 5.57 Å². The molecule has 2 rings (SSSR count). The molecule has 1 aromatic rings. The summed E-state index contributed by atoms with van der Waals surface area (Å²) in [6.45, 7) is -0.285. The second kappa shape index (κ2) is 4.69. The standard InChI is InChI=1S/C12H11NO4/c13-11(14)7-17-12(15)9-5-8-3-1-2-4-10(8)16-6-9/h1-5H,6-7H2,(H2,13,14). The first-order chi connectivity index (χ1) is 8.16. The number of hydrogen-bond donors (Lipinski definition) is 1. The third-order valence-corrected chi connectivity index (χ3v) is 2.24. The summed E-state index contributed by atoms with van der Waals surface area (Å²) in [7, 11) is 0. The van der Waals surface area contributed by atoms with E-state index in [9.17, 15) is 9.59 Å². The van der Waals surface area contributed by atoms with Crippen LogP contribution in [0.5, 0.6) is 5.75 Å². The maximum atomic E-state index is 11.5. The van der Waals surface area contributed by atoms with Crippen molar-refractivity contribution in [2.75, 3.05) is 13.2 Å². The molecule has 1 aliphatic rings. The minimum absolute atomic E-state index is 0.134. The van der Waals surface area contributed by atoms with Crippen LogP contribution in [0.25, 0.3) is 6.08 Å². The van der Waals surface area contributed by atoms with Crippen LogP contribution in [0.3, 0.4) is 0 Å². The molecule has 0 spiro atoms. The van der Waals surface area contributed by atoms with E-state index in [1.165, 1.54) is 0 Å². The summed E-state index contributed by atoms with van der Waals surface area (Å²) < 4.78 is 10.1. The molecule has 17 heavy (non-hydrogen) atoms. The average molecular weight is 233 g/mol. The largest absolute Gasteiger partial charge is 0.488 e. The molecular weight excluding hydrogens is 222 g/mol. The van der Waals surface area contributed by atoms with Crippen molar-refractivity contribution >= 4 is 18.0 Å². The fraction of sp³-hybridized carbons (Fsp3) is 0.167. The number of amides is 1. The van der Waals surface area contributed by atoms with E-state index in [-0.39, 0.29) is 6.61 Å². The van der Waals surface area contributed by atoms with E-state index in [2.05, 4.69) is 0 Å². The molecule has 1 heterocycles. The second-order valence-corrected chi connectivity index (χ2v) is 3.54. The Hall–Kier alpha value is -2.30. The SMILES string of the molecule is NC(=O)COC(=O)C1=Cc2ccccc2OC1. The lowest BCUT2D eigenvalue weighted by atomic mass is 10.1. The van der Waals surface area contributed by atoms with E-state index in [0.717, 1.165) is 11.3 Å². The van der Waals surface area contributed by atoms with Gasteiger partial charge < -0.3 is 15.2 Å². The number of carbonyl (C=O) groups is 2. The zero-order chi connectivity index (χ0) is 12.3. The summed E-state index contributed by atoms with van der Waals surface area (Å²) in [6, 6.07) is 7.34. The first kappa shape index (κ1) is 11.2. The molecule has 0 aliphatic carbocycles. The number of nitrogens with two attached hydrogens (primary N) is 1. The van der Waals surface area contributed by atoms with Crippen molar-refractivity contribution in [3.8, 4) is 5.75 Å². The Labute approximate surface area is 97.8 Å². The van der Waals surface area contributed by atoms with Gasteiger partial charge in [0.1, 0.15) is 12.4 Å². The van der Waals surface area contributed by atoms with E-state index in [4.69, 9.17) is 15.2 Å². The molecule has 0 radical (unpaired) electrons. The van der Waals surface area contributed by atoms with Gasteiger partial charge in [-0.25, -0.2) is 4.79 Å². The summed E-state index contributed by atoms with van der Waals surface area (Å²) in [5, 5.41) is 0. The molecule has 1 amide bonds. The number of hydrogen-bond acceptors (Lipinski definition) is 4. The smallest absolute Gasteiger partial charge is 0.338 e. The van der Waals surface area contributed by atoms with Crippen LogP contribution in [0.1, 0.15) is 5.56 Å². The number of carbonyl (C=O) groups excluding carboxylic acids is 2. The molecule has 5 nitrogen and oxygen atoms in total. The number of para-hydroxylation sites is 1. The van der Waals surface area contributed by atoms with Crippen LogP contribution >= 0.6 is 0 Å². The number of rotatable bonds is 3. The van der Waals surface area contributed by atoms with Crippen LogP contribution in [0.15, 0.2) is 29.8 Å². The molecular formula is C12H11NO4. The molecule has 0 fully saturated rings. The maximum Gasteiger partial charge on any atom is 0.338 e. The summed E-state index contributed by atoms with van der Waals surface area (Å²) in [4.78, 5) is 22.0. The Morgan fingerprint density at radius 1 is 1.35 bits per heavy atom. The number of fused-ring (bicyclic) bond motifs is 1. The lowest BCUT2D eigenvalue weighted by molar-refractivity contribution is -0.144. The van der Waals surface area contributed by atoms with Crippen LogP contribution in [-0.2, 0) is 14.3 Å². The molecule has 5 heteroatoms. The van der Waals surface area contributed by atoms with Crippen LogP contribution < -0.4 is 10.5 Å². The van der Waals surface area contributed by atoms with Crippen molar-refractivity contribution in [2.45, 2.75) is 0 Å². The molecule has 1 aliphatic heterocycles. The third kappa shape index (κ3) is 2.63. The van der Waals surface area contributed by atoms with Crippen LogP contribution in [0, 0.1) is 0 Å².